The molecule has 1 aliphatic heterocycles. The minimum atomic E-state index is -4.45. The Balaban J connectivity index is 2.32. The zero-order valence-corrected chi connectivity index (χ0v) is 22.6. The maximum Gasteiger partial charge on any atom is 0.416 e. The zero-order chi connectivity index (χ0) is 25.8. The van der Waals surface area contributed by atoms with Crippen molar-refractivity contribution in [3.63, 3.8) is 0 Å². The van der Waals surface area contributed by atoms with Crippen molar-refractivity contribution in [2.45, 2.75) is 89.9 Å². The monoisotopic (exact) mass is 503 g/mol. The second kappa shape index (κ2) is 11.0. The molecule has 1 heterocycles. The molecule has 1 aromatic carbocycles. The molecule has 0 bridgehead atoms. The van der Waals surface area contributed by atoms with Crippen LogP contribution in [0.4, 0.5) is 18.0 Å². The van der Waals surface area contributed by atoms with Crippen molar-refractivity contribution in [2.75, 3.05) is 26.8 Å². The van der Waals surface area contributed by atoms with Crippen LogP contribution in [0.25, 0.3) is 0 Å². The average Bonchev–Trinajstić information content (AvgIpc) is 2.76. The molecule has 9 heteroatoms. The topological polar surface area (TPSA) is 48.0 Å². The molecule has 2 rings (SSSR count). The van der Waals surface area contributed by atoms with E-state index in [1.807, 2.05) is 6.92 Å². The van der Waals surface area contributed by atoms with E-state index in [0.717, 1.165) is 18.9 Å². The summed E-state index contributed by atoms with van der Waals surface area (Å²) in [5.74, 6) is 0. The second-order valence-corrected chi connectivity index (χ2v) is 15.4. The van der Waals surface area contributed by atoms with Gasteiger partial charge in [-0.2, -0.15) is 13.2 Å². The number of amides is 1. The molecule has 194 valence electrons. The van der Waals surface area contributed by atoms with Gasteiger partial charge in [0.15, 0.2) is 8.32 Å². The highest BCUT2D eigenvalue weighted by Crippen LogP contribution is 2.42. The number of carbonyl (C=O) groups excluding carboxylic acids is 1. The van der Waals surface area contributed by atoms with E-state index >= 15 is 0 Å². The van der Waals surface area contributed by atoms with Crippen molar-refractivity contribution in [2.24, 2.45) is 0 Å². The van der Waals surface area contributed by atoms with Crippen LogP contribution < -0.4 is 0 Å². The van der Waals surface area contributed by atoms with Gasteiger partial charge in [-0.15, -0.1) is 0 Å². The van der Waals surface area contributed by atoms with Gasteiger partial charge in [-0.05, 0) is 60.7 Å². The summed E-state index contributed by atoms with van der Waals surface area (Å²) in [5, 5.41) is -0.0722. The van der Waals surface area contributed by atoms with Crippen LogP contribution in [0.3, 0.4) is 0 Å². The third-order valence-electron chi connectivity index (χ3n) is 7.26. The Labute approximate surface area is 203 Å². The summed E-state index contributed by atoms with van der Waals surface area (Å²) in [4.78, 5) is 14.0. The zero-order valence-electron chi connectivity index (χ0n) is 21.6. The van der Waals surface area contributed by atoms with Gasteiger partial charge in [-0.3, -0.25) is 0 Å². The molecule has 0 unspecified atom stereocenters. The minimum absolute atomic E-state index is 0.0722. The predicted octanol–water partition coefficient (Wildman–Crippen LogP) is 7.10. The molecule has 0 radical (unpaired) electrons. The quantitative estimate of drug-likeness (QED) is 0.280. The highest BCUT2D eigenvalue weighted by Gasteiger charge is 2.42. The maximum atomic E-state index is 13.5. The summed E-state index contributed by atoms with van der Waals surface area (Å²) in [5.41, 5.74) is -0.314. The van der Waals surface area contributed by atoms with Crippen LogP contribution in [-0.4, -0.2) is 46.1 Å². The highest BCUT2D eigenvalue weighted by atomic mass is 28.4. The Morgan fingerprint density at radius 3 is 2.26 bits per heavy atom. The molecule has 1 amide bonds. The highest BCUT2D eigenvalue weighted by molar-refractivity contribution is 6.74. The number of halogens is 3. The third-order valence-corrected chi connectivity index (χ3v) is 11.7. The summed E-state index contributed by atoms with van der Waals surface area (Å²) in [6, 6.07) is 3.82. The van der Waals surface area contributed by atoms with Gasteiger partial charge in [0.05, 0.1) is 24.4 Å². The first-order chi connectivity index (χ1) is 15.7. The lowest BCUT2D eigenvalue weighted by Crippen LogP contribution is -2.47. The molecule has 0 saturated carbocycles. The number of piperidine rings is 1. The van der Waals surface area contributed by atoms with Crippen LogP contribution in [0.5, 0.6) is 0 Å². The maximum absolute atomic E-state index is 13.5. The number of hydrogen-bond donors (Lipinski definition) is 0. The summed E-state index contributed by atoms with van der Waals surface area (Å²) in [6.45, 7) is 13.8. The number of ether oxygens (including phenoxy) is 2. The molecule has 5 nitrogen and oxygen atoms in total. The van der Waals surface area contributed by atoms with E-state index in [1.165, 1.54) is 12.1 Å². The van der Waals surface area contributed by atoms with Crippen LogP contribution in [0, 0.1) is 0 Å². The SMILES string of the molecule is CCCCOC(=O)N1CCC(OC)(c2ccc(C(F)(F)F)cc2CO[Si](C)(C)C(C)(C)C)CC1. The van der Waals surface area contributed by atoms with Gasteiger partial charge >= 0.3 is 12.3 Å². The fourth-order valence-corrected chi connectivity index (χ4v) is 4.79. The lowest BCUT2D eigenvalue weighted by molar-refractivity contribution is -0.137. The molecule has 0 N–H and O–H groups in total. The van der Waals surface area contributed by atoms with Crippen molar-refractivity contribution >= 4 is 14.4 Å². The number of rotatable bonds is 8. The predicted molar refractivity (Wildman–Crippen MR) is 129 cm³/mol. The first kappa shape index (κ1) is 28.7. The van der Waals surface area contributed by atoms with Crippen LogP contribution in [0.1, 0.15) is 70.1 Å². The molecule has 1 saturated heterocycles. The van der Waals surface area contributed by atoms with Crippen LogP contribution in [0.15, 0.2) is 18.2 Å². The van der Waals surface area contributed by atoms with E-state index in [4.69, 9.17) is 13.9 Å². The number of alkyl halides is 3. The van der Waals surface area contributed by atoms with Crippen LogP contribution in [0.2, 0.25) is 18.1 Å². The van der Waals surface area contributed by atoms with Crippen molar-refractivity contribution in [3.05, 3.63) is 34.9 Å². The molecule has 0 atom stereocenters. The van der Waals surface area contributed by atoms with Crippen molar-refractivity contribution in [1.29, 1.82) is 0 Å². The molecular weight excluding hydrogens is 463 g/mol. The van der Waals surface area contributed by atoms with Gasteiger partial charge in [0, 0.05) is 20.2 Å². The molecule has 0 aromatic heterocycles. The van der Waals surface area contributed by atoms with E-state index < -0.39 is 25.7 Å². The molecule has 1 aromatic rings. The summed E-state index contributed by atoms with van der Waals surface area (Å²) in [6.07, 6.45) is -2.13. The fraction of sp³-hybridized carbons (Fsp3) is 0.720. The number of likely N-dealkylation sites (tertiary alicyclic amines) is 1. The number of nitrogens with zero attached hydrogens (tertiary/aromatic N) is 1. The van der Waals surface area contributed by atoms with Gasteiger partial charge in [-0.25, -0.2) is 4.79 Å². The van der Waals surface area contributed by atoms with Gasteiger partial charge in [0.1, 0.15) is 0 Å². The lowest BCUT2D eigenvalue weighted by Gasteiger charge is -2.42. The Kier molecular flexibility index (Phi) is 9.27. The number of methoxy groups -OCH3 is 1. The van der Waals surface area contributed by atoms with Crippen molar-refractivity contribution < 1.29 is 31.9 Å². The fourth-order valence-electron chi connectivity index (χ4n) is 3.84. The first-order valence-electron chi connectivity index (χ1n) is 12.0. The molecule has 0 aliphatic carbocycles. The summed E-state index contributed by atoms with van der Waals surface area (Å²) >= 11 is 0. The Morgan fingerprint density at radius 1 is 1.15 bits per heavy atom. The normalized spacial score (nSPS) is 17.1. The molecule has 1 fully saturated rings. The Morgan fingerprint density at radius 2 is 1.76 bits per heavy atom. The second-order valence-electron chi connectivity index (χ2n) is 10.6. The van der Waals surface area contributed by atoms with Crippen molar-refractivity contribution in [1.82, 2.24) is 4.90 Å². The van der Waals surface area contributed by atoms with Gasteiger partial charge in [0.2, 0.25) is 0 Å². The Bertz CT molecular complexity index is 828. The Hall–Kier alpha value is -1.58. The number of hydrogen-bond acceptors (Lipinski definition) is 4. The van der Waals surface area contributed by atoms with Crippen molar-refractivity contribution in [3.8, 4) is 0 Å². The van der Waals surface area contributed by atoms with Gasteiger partial charge < -0.3 is 18.8 Å². The van der Waals surface area contributed by atoms with E-state index in [0.29, 0.717) is 43.7 Å². The van der Waals surface area contributed by atoms with Gasteiger partial charge in [0.25, 0.3) is 0 Å². The van der Waals surface area contributed by atoms with E-state index in [1.54, 1.807) is 12.0 Å². The molecule has 1 aliphatic rings. The van der Waals surface area contributed by atoms with Crippen LogP contribution >= 0.6 is 0 Å². The number of unbranched alkanes of at least 4 members (excludes halogenated alkanes) is 1. The van der Waals surface area contributed by atoms with E-state index in [2.05, 4.69) is 33.9 Å². The lowest BCUT2D eigenvalue weighted by atomic mass is 9.81. The molecular formula is C25H40F3NO4Si. The van der Waals surface area contributed by atoms with E-state index in [9.17, 15) is 18.0 Å². The van der Waals surface area contributed by atoms with E-state index in [-0.39, 0.29) is 17.7 Å². The average molecular weight is 504 g/mol. The first-order valence-corrected chi connectivity index (χ1v) is 14.9. The van der Waals surface area contributed by atoms with Crippen LogP contribution in [-0.2, 0) is 32.3 Å². The standard InChI is InChI=1S/C25H40F3NO4Si/c1-8-9-16-32-22(30)29-14-12-24(31-5,13-15-29)21-11-10-20(25(26,27)28)17-19(21)18-33-34(6,7)23(2,3)4/h10-11,17H,8-9,12-16,18H2,1-7H3. The summed E-state index contributed by atoms with van der Waals surface area (Å²) in [7, 11) is -0.617. The van der Waals surface area contributed by atoms with Gasteiger partial charge in [-0.1, -0.05) is 40.2 Å². The largest absolute Gasteiger partial charge is 0.449 e. The summed E-state index contributed by atoms with van der Waals surface area (Å²) < 4.78 is 58.2. The molecule has 0 spiro atoms. The minimum Gasteiger partial charge on any atom is -0.449 e. The molecule has 34 heavy (non-hydrogen) atoms. The number of carbonyl (C=O) groups is 1. The number of benzene rings is 1. The smallest absolute Gasteiger partial charge is 0.416 e. The third kappa shape index (κ3) is 6.76.